The SMILES string of the molecule is CCCN1C(=O)N(C)C(=O)C(C(C)CC)NCCOc2ccccc2CCCNC(=O)[C@H]1Cc1ccccc1. The first-order valence-corrected chi connectivity index (χ1v) is 14.2. The quantitative estimate of drug-likeness (QED) is 0.582. The van der Waals surface area contributed by atoms with Gasteiger partial charge in [0.2, 0.25) is 11.8 Å². The number of carbonyl (C=O) groups excluding carboxylic acids is 3. The maximum absolute atomic E-state index is 13.8. The number of para-hydroxylation sites is 1. The molecule has 2 aromatic carbocycles. The molecule has 1 aliphatic heterocycles. The van der Waals surface area contributed by atoms with Gasteiger partial charge in [-0.2, -0.15) is 0 Å². The van der Waals surface area contributed by atoms with E-state index in [-0.39, 0.29) is 17.7 Å². The lowest BCUT2D eigenvalue weighted by Gasteiger charge is -2.35. The summed E-state index contributed by atoms with van der Waals surface area (Å²) in [6, 6.07) is 15.9. The lowest BCUT2D eigenvalue weighted by molar-refractivity contribution is -0.132. The van der Waals surface area contributed by atoms with E-state index in [1.54, 1.807) is 4.90 Å². The normalized spacial score (nSPS) is 21.0. The Bertz CT molecular complexity index is 1080. The molecule has 2 aromatic rings. The number of hydrogen-bond donors (Lipinski definition) is 2. The molecule has 0 spiro atoms. The topological polar surface area (TPSA) is 91.0 Å². The summed E-state index contributed by atoms with van der Waals surface area (Å²) in [4.78, 5) is 43.9. The molecule has 0 saturated heterocycles. The van der Waals surface area contributed by atoms with E-state index >= 15 is 0 Å². The number of benzene rings is 2. The smallest absolute Gasteiger partial charge is 0.327 e. The number of nitrogens with one attached hydrogen (secondary N) is 2. The van der Waals surface area contributed by atoms with Crippen LogP contribution >= 0.6 is 0 Å². The summed E-state index contributed by atoms with van der Waals surface area (Å²) in [6.07, 6.45) is 3.28. The number of imide groups is 1. The van der Waals surface area contributed by atoms with Crippen molar-refractivity contribution in [3.8, 4) is 5.75 Å². The first-order chi connectivity index (χ1) is 18.9. The second-order valence-electron chi connectivity index (χ2n) is 10.2. The summed E-state index contributed by atoms with van der Waals surface area (Å²) >= 11 is 0. The van der Waals surface area contributed by atoms with Gasteiger partial charge in [-0.05, 0) is 42.4 Å². The molecule has 2 N–H and O–H groups in total. The van der Waals surface area contributed by atoms with Gasteiger partial charge in [0.15, 0.2) is 0 Å². The molecular weight excluding hydrogens is 492 g/mol. The van der Waals surface area contributed by atoms with Crippen molar-refractivity contribution in [2.45, 2.75) is 65.0 Å². The van der Waals surface area contributed by atoms with E-state index in [0.717, 1.165) is 36.1 Å². The van der Waals surface area contributed by atoms with Crippen LogP contribution in [0.5, 0.6) is 5.75 Å². The molecule has 0 saturated carbocycles. The van der Waals surface area contributed by atoms with Crippen molar-refractivity contribution in [1.29, 1.82) is 0 Å². The second kappa shape index (κ2) is 15.3. The molecule has 0 aliphatic carbocycles. The molecule has 2 unspecified atom stereocenters. The van der Waals surface area contributed by atoms with Crippen molar-refractivity contribution in [3.05, 3.63) is 65.7 Å². The molecule has 4 amide bonds. The fourth-order valence-electron chi connectivity index (χ4n) is 4.91. The third-order valence-electron chi connectivity index (χ3n) is 7.38. The highest BCUT2D eigenvalue weighted by molar-refractivity contribution is 5.98. The van der Waals surface area contributed by atoms with Crippen LogP contribution < -0.4 is 15.4 Å². The van der Waals surface area contributed by atoms with Crippen molar-refractivity contribution in [1.82, 2.24) is 20.4 Å². The van der Waals surface area contributed by atoms with Gasteiger partial charge in [0.1, 0.15) is 18.4 Å². The van der Waals surface area contributed by atoms with Gasteiger partial charge in [-0.3, -0.25) is 14.5 Å². The van der Waals surface area contributed by atoms with Crippen molar-refractivity contribution in [3.63, 3.8) is 0 Å². The summed E-state index contributed by atoms with van der Waals surface area (Å²) in [7, 11) is 1.52. The average Bonchev–Trinajstić information content (AvgIpc) is 2.96. The molecular formula is C31H44N4O4. The molecule has 0 radical (unpaired) electrons. The molecule has 0 bridgehead atoms. The van der Waals surface area contributed by atoms with E-state index in [1.165, 1.54) is 11.9 Å². The predicted octanol–water partition coefficient (Wildman–Crippen LogP) is 4.03. The highest BCUT2D eigenvalue weighted by Gasteiger charge is 2.36. The molecule has 1 heterocycles. The van der Waals surface area contributed by atoms with Gasteiger partial charge in [-0.1, -0.05) is 75.7 Å². The molecule has 3 atom stereocenters. The zero-order valence-corrected chi connectivity index (χ0v) is 23.8. The lowest BCUT2D eigenvalue weighted by Crippen LogP contribution is -2.58. The number of hydrogen-bond acceptors (Lipinski definition) is 5. The highest BCUT2D eigenvalue weighted by atomic mass is 16.5. The third kappa shape index (κ3) is 8.30. The van der Waals surface area contributed by atoms with E-state index in [0.29, 0.717) is 39.1 Å². The minimum absolute atomic E-state index is 0.00478. The number of ether oxygens (including phenoxy) is 1. The van der Waals surface area contributed by atoms with E-state index in [4.69, 9.17) is 4.74 Å². The fourth-order valence-corrected chi connectivity index (χ4v) is 4.91. The Labute approximate surface area is 233 Å². The zero-order valence-electron chi connectivity index (χ0n) is 23.8. The highest BCUT2D eigenvalue weighted by Crippen LogP contribution is 2.20. The second-order valence-corrected chi connectivity index (χ2v) is 10.2. The Balaban J connectivity index is 1.95. The Morgan fingerprint density at radius 3 is 2.44 bits per heavy atom. The molecule has 0 aromatic heterocycles. The summed E-state index contributed by atoms with van der Waals surface area (Å²) in [5.74, 6) is 0.292. The average molecular weight is 537 g/mol. The van der Waals surface area contributed by atoms with Gasteiger partial charge in [0.05, 0.1) is 6.04 Å². The Morgan fingerprint density at radius 1 is 1.00 bits per heavy atom. The number of carbonyl (C=O) groups is 3. The lowest BCUT2D eigenvalue weighted by atomic mass is 9.98. The Morgan fingerprint density at radius 2 is 1.72 bits per heavy atom. The van der Waals surface area contributed by atoms with Crippen molar-refractivity contribution in [2.75, 3.05) is 33.3 Å². The third-order valence-corrected chi connectivity index (χ3v) is 7.38. The van der Waals surface area contributed by atoms with Gasteiger partial charge in [0.25, 0.3) is 0 Å². The Kier molecular flexibility index (Phi) is 11.8. The number of aryl methyl sites for hydroxylation is 1. The number of nitrogens with zero attached hydrogens (tertiary/aromatic N) is 2. The van der Waals surface area contributed by atoms with Crippen LogP contribution in [0.4, 0.5) is 4.79 Å². The molecule has 212 valence electrons. The monoisotopic (exact) mass is 536 g/mol. The van der Waals surface area contributed by atoms with Gasteiger partial charge < -0.3 is 20.3 Å². The van der Waals surface area contributed by atoms with Crippen LogP contribution in [0.25, 0.3) is 0 Å². The number of amides is 4. The van der Waals surface area contributed by atoms with Crippen LogP contribution in [-0.4, -0.2) is 73.0 Å². The molecule has 39 heavy (non-hydrogen) atoms. The Hall–Kier alpha value is -3.39. The van der Waals surface area contributed by atoms with Crippen LogP contribution in [0, 0.1) is 5.92 Å². The summed E-state index contributed by atoms with van der Waals surface area (Å²) in [5, 5.41) is 6.40. The maximum Gasteiger partial charge on any atom is 0.327 e. The minimum atomic E-state index is -0.739. The van der Waals surface area contributed by atoms with Gasteiger partial charge >= 0.3 is 6.03 Å². The van der Waals surface area contributed by atoms with Crippen LogP contribution in [-0.2, 0) is 22.4 Å². The summed E-state index contributed by atoms with van der Waals surface area (Å²) in [5.41, 5.74) is 2.03. The molecule has 8 nitrogen and oxygen atoms in total. The first kappa shape index (κ1) is 30.2. The van der Waals surface area contributed by atoms with Gasteiger partial charge in [-0.15, -0.1) is 0 Å². The summed E-state index contributed by atoms with van der Waals surface area (Å²) < 4.78 is 6.06. The van der Waals surface area contributed by atoms with Crippen molar-refractivity contribution in [2.24, 2.45) is 5.92 Å². The molecule has 3 rings (SSSR count). The van der Waals surface area contributed by atoms with Crippen molar-refractivity contribution < 1.29 is 19.1 Å². The molecule has 1 aliphatic rings. The molecule has 8 heteroatoms. The van der Waals surface area contributed by atoms with E-state index in [9.17, 15) is 14.4 Å². The van der Waals surface area contributed by atoms with Crippen LogP contribution in [0.2, 0.25) is 0 Å². The largest absolute Gasteiger partial charge is 0.492 e. The first-order valence-electron chi connectivity index (χ1n) is 14.2. The van der Waals surface area contributed by atoms with Crippen LogP contribution in [0.1, 0.15) is 51.2 Å². The maximum atomic E-state index is 13.8. The van der Waals surface area contributed by atoms with Crippen LogP contribution in [0.3, 0.4) is 0 Å². The zero-order chi connectivity index (χ0) is 28.2. The van der Waals surface area contributed by atoms with E-state index in [1.807, 2.05) is 75.4 Å². The summed E-state index contributed by atoms with van der Waals surface area (Å²) in [6.45, 7) is 7.70. The number of urea groups is 1. The standard InChI is InChI=1S/C31H44N4O4/c1-5-20-35-26(22-24-13-8-7-9-14-24)29(36)33-18-12-16-25-15-10-11-17-27(25)39-21-19-32-28(23(3)6-2)30(37)34(4)31(35)38/h7-11,13-15,17,23,26,28,32H,5-6,12,16,18-22H2,1-4H3,(H,33,36)/t23?,26-,28?/m1/s1. The molecule has 0 fully saturated rings. The van der Waals surface area contributed by atoms with E-state index < -0.39 is 18.1 Å². The predicted molar refractivity (Wildman–Crippen MR) is 154 cm³/mol. The van der Waals surface area contributed by atoms with Crippen LogP contribution in [0.15, 0.2) is 54.6 Å². The number of fused-ring (bicyclic) bond motifs is 1. The number of likely N-dealkylation sites (N-methyl/N-ethyl adjacent to an activating group) is 1. The fraction of sp³-hybridized carbons (Fsp3) is 0.516. The van der Waals surface area contributed by atoms with Gasteiger partial charge in [0, 0.05) is 33.1 Å². The van der Waals surface area contributed by atoms with E-state index in [2.05, 4.69) is 10.6 Å². The van der Waals surface area contributed by atoms with Gasteiger partial charge in [-0.25, -0.2) is 4.79 Å². The van der Waals surface area contributed by atoms with Crippen molar-refractivity contribution >= 4 is 17.8 Å². The minimum Gasteiger partial charge on any atom is -0.492 e. The number of rotatable bonds is 6.